The molecule has 78 valence electrons. The van der Waals surface area contributed by atoms with Crippen LogP contribution in [0.4, 0.5) is 0 Å². The van der Waals surface area contributed by atoms with Gasteiger partial charge in [0, 0.05) is 5.25 Å². The van der Waals surface area contributed by atoms with E-state index < -0.39 is 15.4 Å². The number of hydrogen-bond acceptors (Lipinski definition) is 3. The highest BCUT2D eigenvalue weighted by Gasteiger charge is 2.16. The SMILES string of the molecule is O=S(=O)([O-])C1CCCCCCCC1. The Labute approximate surface area is 80.3 Å². The van der Waals surface area contributed by atoms with Gasteiger partial charge in [0.1, 0.15) is 0 Å². The molecule has 0 bridgehead atoms. The van der Waals surface area contributed by atoms with Gasteiger partial charge in [-0.15, -0.1) is 0 Å². The van der Waals surface area contributed by atoms with Gasteiger partial charge in [-0.3, -0.25) is 0 Å². The van der Waals surface area contributed by atoms with Crippen molar-refractivity contribution in [3.63, 3.8) is 0 Å². The van der Waals surface area contributed by atoms with Gasteiger partial charge in [0.05, 0.1) is 10.1 Å². The van der Waals surface area contributed by atoms with E-state index in [0.717, 1.165) is 25.7 Å². The van der Waals surface area contributed by atoms with Crippen LogP contribution in [0, 0.1) is 0 Å². The summed E-state index contributed by atoms with van der Waals surface area (Å²) in [7, 11) is -4.03. The molecule has 4 heteroatoms. The van der Waals surface area contributed by atoms with Gasteiger partial charge in [0.2, 0.25) is 0 Å². The van der Waals surface area contributed by atoms with Gasteiger partial charge in [0.15, 0.2) is 0 Å². The van der Waals surface area contributed by atoms with Gasteiger partial charge in [-0.25, -0.2) is 8.42 Å². The molecule has 0 spiro atoms. The molecule has 13 heavy (non-hydrogen) atoms. The van der Waals surface area contributed by atoms with Crippen LogP contribution in [0.15, 0.2) is 0 Å². The molecule has 1 aliphatic carbocycles. The third-order valence-electron chi connectivity index (χ3n) is 2.71. The predicted octanol–water partition coefficient (Wildman–Crippen LogP) is 2.03. The quantitative estimate of drug-likeness (QED) is 0.615. The Bertz CT molecular complexity index is 223. The molecule has 0 heterocycles. The van der Waals surface area contributed by atoms with Crippen LogP contribution in [-0.2, 0) is 10.1 Å². The Kier molecular flexibility index (Phi) is 4.19. The van der Waals surface area contributed by atoms with E-state index in [2.05, 4.69) is 0 Å². The summed E-state index contributed by atoms with van der Waals surface area (Å²) in [4.78, 5) is 0. The first-order valence-electron chi connectivity index (χ1n) is 5.05. The van der Waals surface area contributed by atoms with E-state index in [1.165, 1.54) is 12.8 Å². The van der Waals surface area contributed by atoms with Gasteiger partial charge in [0.25, 0.3) is 0 Å². The van der Waals surface area contributed by atoms with Crippen LogP contribution in [0.2, 0.25) is 0 Å². The van der Waals surface area contributed by atoms with E-state index >= 15 is 0 Å². The average molecular weight is 205 g/mol. The molecule has 0 saturated heterocycles. The molecule has 1 rings (SSSR count). The highest BCUT2D eigenvalue weighted by atomic mass is 32.2. The van der Waals surface area contributed by atoms with E-state index in [9.17, 15) is 13.0 Å². The van der Waals surface area contributed by atoms with Crippen LogP contribution in [0.1, 0.15) is 51.4 Å². The van der Waals surface area contributed by atoms with Crippen LogP contribution in [-0.4, -0.2) is 18.2 Å². The van der Waals surface area contributed by atoms with Crippen molar-refractivity contribution >= 4 is 10.1 Å². The number of hydrogen-bond donors (Lipinski definition) is 0. The van der Waals surface area contributed by atoms with Crippen LogP contribution in [0.5, 0.6) is 0 Å². The van der Waals surface area contributed by atoms with Crippen molar-refractivity contribution in [2.75, 3.05) is 0 Å². The zero-order valence-electron chi connectivity index (χ0n) is 7.87. The van der Waals surface area contributed by atoms with Crippen molar-refractivity contribution in [1.29, 1.82) is 0 Å². The predicted molar refractivity (Wildman–Crippen MR) is 50.4 cm³/mol. The second-order valence-corrected chi connectivity index (χ2v) is 5.47. The summed E-state index contributed by atoms with van der Waals surface area (Å²) in [5.41, 5.74) is 0. The maximum atomic E-state index is 10.8. The molecule has 0 N–H and O–H groups in total. The standard InChI is InChI=1S/C9H18O3S/c10-13(11,12)9-7-5-3-1-2-4-6-8-9/h9H,1-8H2,(H,10,11,12)/p-1. The van der Waals surface area contributed by atoms with Gasteiger partial charge < -0.3 is 4.55 Å². The topological polar surface area (TPSA) is 57.2 Å². The van der Waals surface area contributed by atoms with Crippen LogP contribution in [0.25, 0.3) is 0 Å². The molecule has 0 radical (unpaired) electrons. The summed E-state index contributed by atoms with van der Waals surface area (Å²) >= 11 is 0. The summed E-state index contributed by atoms with van der Waals surface area (Å²) in [5, 5.41) is -0.606. The Morgan fingerprint density at radius 2 is 1.23 bits per heavy atom. The first kappa shape index (κ1) is 11.0. The number of rotatable bonds is 1. The molecule has 1 aliphatic rings. The molecule has 0 unspecified atom stereocenters. The highest BCUT2D eigenvalue weighted by molar-refractivity contribution is 7.86. The van der Waals surface area contributed by atoms with Crippen molar-refractivity contribution in [2.24, 2.45) is 0 Å². The van der Waals surface area contributed by atoms with Gasteiger partial charge in [-0.05, 0) is 12.8 Å². The van der Waals surface area contributed by atoms with E-state index in [-0.39, 0.29) is 0 Å². The summed E-state index contributed by atoms with van der Waals surface area (Å²) in [6, 6.07) is 0. The Balaban J connectivity index is 2.51. The molecule has 3 nitrogen and oxygen atoms in total. The fourth-order valence-electron chi connectivity index (χ4n) is 1.88. The van der Waals surface area contributed by atoms with Crippen molar-refractivity contribution < 1.29 is 13.0 Å². The monoisotopic (exact) mass is 205 g/mol. The molecular weight excluding hydrogens is 188 g/mol. The zero-order chi connectivity index (χ0) is 9.73. The second-order valence-electron chi connectivity index (χ2n) is 3.81. The summed E-state index contributed by atoms with van der Waals surface area (Å²) < 4.78 is 32.4. The molecule has 0 atom stereocenters. The van der Waals surface area contributed by atoms with Crippen LogP contribution in [0.3, 0.4) is 0 Å². The van der Waals surface area contributed by atoms with E-state index in [4.69, 9.17) is 0 Å². The highest BCUT2D eigenvalue weighted by Crippen LogP contribution is 2.21. The van der Waals surface area contributed by atoms with Gasteiger partial charge in [-0.2, -0.15) is 0 Å². The van der Waals surface area contributed by atoms with Crippen LogP contribution < -0.4 is 0 Å². The van der Waals surface area contributed by atoms with Crippen LogP contribution >= 0.6 is 0 Å². The lowest BCUT2D eigenvalue weighted by Crippen LogP contribution is -2.20. The minimum absolute atomic E-state index is 0.575. The lowest BCUT2D eigenvalue weighted by atomic mass is 10.1. The lowest BCUT2D eigenvalue weighted by molar-refractivity contribution is 0.434. The fraction of sp³-hybridized carbons (Fsp3) is 1.00. The molecule has 0 aromatic rings. The molecule has 1 fully saturated rings. The normalized spacial score (nSPS) is 23.2. The van der Waals surface area contributed by atoms with E-state index in [0.29, 0.717) is 12.8 Å². The van der Waals surface area contributed by atoms with Crippen molar-refractivity contribution in [3.8, 4) is 0 Å². The molecule has 0 aliphatic heterocycles. The fourth-order valence-corrected chi connectivity index (χ4v) is 2.79. The van der Waals surface area contributed by atoms with E-state index in [1.54, 1.807) is 0 Å². The summed E-state index contributed by atoms with van der Waals surface area (Å²) in [6.07, 6.45) is 7.46. The minimum Gasteiger partial charge on any atom is -0.748 e. The van der Waals surface area contributed by atoms with Gasteiger partial charge in [-0.1, -0.05) is 38.5 Å². The Hall–Kier alpha value is -0.0900. The summed E-state index contributed by atoms with van der Waals surface area (Å²) in [5.74, 6) is 0. The molecule has 1 saturated carbocycles. The maximum absolute atomic E-state index is 10.8. The smallest absolute Gasteiger partial charge is 0.0975 e. The Morgan fingerprint density at radius 3 is 1.62 bits per heavy atom. The third-order valence-corrected chi connectivity index (χ3v) is 4.00. The van der Waals surface area contributed by atoms with Gasteiger partial charge >= 0.3 is 0 Å². The lowest BCUT2D eigenvalue weighted by Gasteiger charge is -2.19. The first-order valence-corrected chi connectivity index (χ1v) is 6.52. The third kappa shape index (κ3) is 4.09. The van der Waals surface area contributed by atoms with Crippen molar-refractivity contribution in [1.82, 2.24) is 0 Å². The molecule has 0 aromatic carbocycles. The average Bonchev–Trinajstić information content (AvgIpc) is 2.14. The minimum atomic E-state index is -4.03. The maximum Gasteiger partial charge on any atom is 0.0975 e. The van der Waals surface area contributed by atoms with E-state index in [1.807, 2.05) is 0 Å². The zero-order valence-corrected chi connectivity index (χ0v) is 8.68. The molecule has 0 amide bonds. The van der Waals surface area contributed by atoms with Crippen molar-refractivity contribution in [3.05, 3.63) is 0 Å². The largest absolute Gasteiger partial charge is 0.748 e. The molecular formula is C9H17O3S-. The molecule has 0 aromatic heterocycles. The summed E-state index contributed by atoms with van der Waals surface area (Å²) in [6.45, 7) is 0. The first-order chi connectivity index (χ1) is 6.11. The van der Waals surface area contributed by atoms with Crippen molar-refractivity contribution in [2.45, 2.75) is 56.6 Å². The second kappa shape index (κ2) is 4.96. The Morgan fingerprint density at radius 1 is 0.846 bits per heavy atom.